The van der Waals surface area contributed by atoms with Crippen molar-refractivity contribution in [1.29, 1.82) is 0 Å². The topological polar surface area (TPSA) is 27.8 Å². The Morgan fingerprint density at radius 2 is 1.72 bits per heavy atom. The Morgan fingerprint density at radius 1 is 1.11 bits per heavy atom. The molecule has 0 unspecified atom stereocenters. The van der Waals surface area contributed by atoms with Gasteiger partial charge >= 0.3 is 7.12 Å². The largest absolute Gasteiger partial charge is 0.496 e. The van der Waals surface area contributed by atoms with Crippen LogP contribution < -0.4 is 5.46 Å². The Kier molecular flexibility index (Phi) is 2.26. The molecule has 0 saturated carbocycles. The highest BCUT2D eigenvalue weighted by Gasteiger charge is 2.52. The first kappa shape index (κ1) is 11.9. The fourth-order valence-corrected chi connectivity index (χ4v) is 2.25. The first-order valence-electron chi connectivity index (χ1n) is 6.29. The number of nitrogens with zero attached hydrogens (tertiary/aromatic N) is 2. The summed E-state index contributed by atoms with van der Waals surface area (Å²) in [5.41, 5.74) is 1.65. The molecule has 3 rings (SSSR count). The molecule has 3 heterocycles. The molecule has 1 aliphatic rings. The van der Waals surface area contributed by atoms with Crippen molar-refractivity contribution < 1.29 is 9.31 Å². The van der Waals surface area contributed by atoms with Gasteiger partial charge in [0.15, 0.2) is 0 Å². The first-order chi connectivity index (χ1) is 8.30. The van der Waals surface area contributed by atoms with Crippen LogP contribution in [0.5, 0.6) is 0 Å². The summed E-state index contributed by atoms with van der Waals surface area (Å²) in [7, 11) is 1.73. The molecule has 18 heavy (non-hydrogen) atoms. The molecule has 1 saturated heterocycles. The van der Waals surface area contributed by atoms with Crippen molar-refractivity contribution in [2.24, 2.45) is 7.05 Å². The highest BCUT2D eigenvalue weighted by atomic mass is 16.7. The Balaban J connectivity index is 1.97. The van der Waals surface area contributed by atoms with Gasteiger partial charge in [-0.3, -0.25) is 9.20 Å². The maximum atomic E-state index is 6.04. The lowest BCUT2D eigenvalue weighted by Gasteiger charge is -2.32. The van der Waals surface area contributed by atoms with E-state index in [1.165, 1.54) is 0 Å². The number of aryl methyl sites for hydroxylation is 1. The molecule has 0 aromatic carbocycles. The summed E-state index contributed by atoms with van der Waals surface area (Å²) in [6, 6.07) is 4.19. The smallest absolute Gasteiger partial charge is 0.399 e. The zero-order valence-electron chi connectivity index (χ0n) is 11.6. The molecule has 0 N–H and O–H groups in total. The summed E-state index contributed by atoms with van der Waals surface area (Å²) in [4.78, 5) is 0. The van der Waals surface area contributed by atoms with Crippen molar-refractivity contribution in [1.82, 2.24) is 9.20 Å². The maximum absolute atomic E-state index is 6.04. The molecule has 0 aliphatic carbocycles. The molecule has 0 atom stereocenters. The van der Waals surface area contributed by atoms with Gasteiger partial charge < -0.3 is 9.31 Å². The van der Waals surface area contributed by atoms with Crippen molar-refractivity contribution in [2.45, 2.75) is 38.9 Å². The lowest BCUT2D eigenvalue weighted by molar-refractivity contribution is 0.00578. The molecule has 1 fully saturated rings. The van der Waals surface area contributed by atoms with E-state index in [2.05, 4.69) is 50.5 Å². The second-order valence-corrected chi connectivity index (χ2v) is 6.02. The molecule has 4 nitrogen and oxygen atoms in total. The zero-order valence-corrected chi connectivity index (χ0v) is 11.6. The molecule has 2 aromatic heterocycles. The van der Waals surface area contributed by atoms with Crippen molar-refractivity contribution in [3.63, 3.8) is 0 Å². The SMILES string of the molecule is Cn1ccc2cc(B3OC(C)(C)C(C)(C)O3)cn21. The molecule has 96 valence electrons. The van der Waals surface area contributed by atoms with Gasteiger partial charge in [-0.2, -0.15) is 0 Å². The highest BCUT2D eigenvalue weighted by molar-refractivity contribution is 6.62. The second-order valence-electron chi connectivity index (χ2n) is 6.02. The van der Waals surface area contributed by atoms with Crippen LogP contribution in [0, 0.1) is 0 Å². The fourth-order valence-electron chi connectivity index (χ4n) is 2.25. The molecule has 2 aromatic rings. The summed E-state index contributed by atoms with van der Waals surface area (Å²) in [6.07, 6.45) is 4.10. The van der Waals surface area contributed by atoms with Crippen LogP contribution >= 0.6 is 0 Å². The number of hydrogen-bond acceptors (Lipinski definition) is 2. The number of fused-ring (bicyclic) bond motifs is 1. The quantitative estimate of drug-likeness (QED) is 0.714. The summed E-state index contributed by atoms with van der Waals surface area (Å²) < 4.78 is 16.2. The molecule has 0 amide bonds. The summed E-state index contributed by atoms with van der Waals surface area (Å²) in [5.74, 6) is 0. The van der Waals surface area contributed by atoms with Crippen LogP contribution in [-0.4, -0.2) is 27.5 Å². The predicted molar refractivity (Wildman–Crippen MR) is 72.1 cm³/mol. The van der Waals surface area contributed by atoms with Crippen molar-refractivity contribution in [2.75, 3.05) is 0 Å². The van der Waals surface area contributed by atoms with E-state index in [0.29, 0.717) is 0 Å². The van der Waals surface area contributed by atoms with Crippen LogP contribution in [0.1, 0.15) is 27.7 Å². The van der Waals surface area contributed by atoms with Gasteiger partial charge in [-0.25, -0.2) is 0 Å². The number of hydrogen-bond donors (Lipinski definition) is 0. The fraction of sp³-hybridized carbons (Fsp3) is 0.538. The third-order valence-electron chi connectivity index (χ3n) is 4.18. The lowest BCUT2D eigenvalue weighted by Crippen LogP contribution is -2.41. The first-order valence-corrected chi connectivity index (χ1v) is 6.29. The van der Waals surface area contributed by atoms with E-state index < -0.39 is 0 Å². The highest BCUT2D eigenvalue weighted by Crippen LogP contribution is 2.36. The minimum Gasteiger partial charge on any atom is -0.399 e. The van der Waals surface area contributed by atoms with Crippen LogP contribution in [0.2, 0.25) is 0 Å². The van der Waals surface area contributed by atoms with Gasteiger partial charge in [0.2, 0.25) is 0 Å². The summed E-state index contributed by atoms with van der Waals surface area (Å²) in [5, 5.41) is 0. The van der Waals surface area contributed by atoms with E-state index in [0.717, 1.165) is 11.0 Å². The van der Waals surface area contributed by atoms with Crippen LogP contribution in [0.4, 0.5) is 0 Å². The number of aromatic nitrogens is 2. The van der Waals surface area contributed by atoms with E-state index in [4.69, 9.17) is 9.31 Å². The van der Waals surface area contributed by atoms with Gasteiger partial charge in [-0.1, -0.05) is 0 Å². The molecule has 0 bridgehead atoms. The van der Waals surface area contributed by atoms with Crippen LogP contribution in [-0.2, 0) is 16.4 Å². The minimum atomic E-state index is -0.286. The van der Waals surface area contributed by atoms with Gasteiger partial charge in [0.25, 0.3) is 0 Å². The van der Waals surface area contributed by atoms with Crippen molar-refractivity contribution in [3.05, 3.63) is 24.5 Å². The molecule has 5 heteroatoms. The standard InChI is InChI=1S/C13H19BN2O2/c1-12(2)13(3,4)18-14(17-12)10-8-11-6-7-15(5)16(11)9-10/h6-9H,1-5H3. The van der Waals surface area contributed by atoms with Crippen LogP contribution in [0.3, 0.4) is 0 Å². The normalized spacial score (nSPS) is 21.9. The molecule has 1 aliphatic heterocycles. The van der Waals surface area contributed by atoms with Crippen molar-refractivity contribution in [3.8, 4) is 0 Å². The van der Waals surface area contributed by atoms with E-state index >= 15 is 0 Å². The Hall–Kier alpha value is -1.20. The second kappa shape index (κ2) is 3.42. The van der Waals surface area contributed by atoms with E-state index in [-0.39, 0.29) is 18.3 Å². The van der Waals surface area contributed by atoms with Gasteiger partial charge in [0.05, 0.1) is 16.7 Å². The predicted octanol–water partition coefficient (Wildman–Crippen LogP) is 1.58. The van der Waals surface area contributed by atoms with Gasteiger partial charge in [-0.05, 0) is 39.8 Å². The van der Waals surface area contributed by atoms with Crippen LogP contribution in [0.25, 0.3) is 5.52 Å². The van der Waals surface area contributed by atoms with E-state index in [1.807, 2.05) is 17.9 Å². The zero-order chi connectivity index (χ0) is 13.1. The van der Waals surface area contributed by atoms with Gasteiger partial charge in [0, 0.05) is 24.9 Å². The van der Waals surface area contributed by atoms with Crippen molar-refractivity contribution >= 4 is 18.1 Å². The maximum Gasteiger partial charge on any atom is 0.496 e. The monoisotopic (exact) mass is 246 g/mol. The van der Waals surface area contributed by atoms with Gasteiger partial charge in [-0.15, -0.1) is 0 Å². The molecular weight excluding hydrogens is 227 g/mol. The average molecular weight is 246 g/mol. The summed E-state index contributed by atoms with van der Waals surface area (Å²) >= 11 is 0. The number of rotatable bonds is 1. The molecule has 0 spiro atoms. The Bertz CT molecular complexity index is 581. The van der Waals surface area contributed by atoms with Crippen LogP contribution in [0.15, 0.2) is 24.5 Å². The Morgan fingerprint density at radius 3 is 2.28 bits per heavy atom. The summed E-state index contributed by atoms with van der Waals surface area (Å²) in [6.45, 7) is 8.29. The minimum absolute atomic E-state index is 0.283. The van der Waals surface area contributed by atoms with Gasteiger partial charge in [0.1, 0.15) is 0 Å². The lowest BCUT2D eigenvalue weighted by atomic mass is 9.81. The molecule has 0 radical (unpaired) electrons. The third kappa shape index (κ3) is 1.54. The van der Waals surface area contributed by atoms with E-state index in [1.54, 1.807) is 0 Å². The molecular formula is C13H19BN2O2. The average Bonchev–Trinajstić information content (AvgIpc) is 2.84. The van der Waals surface area contributed by atoms with E-state index in [9.17, 15) is 0 Å². The third-order valence-corrected chi connectivity index (χ3v) is 4.18. The Labute approximate surface area is 108 Å².